The molecule has 8 nitrogen and oxygen atoms in total. The van der Waals surface area contributed by atoms with Crippen molar-refractivity contribution in [1.29, 1.82) is 0 Å². The third-order valence-corrected chi connectivity index (χ3v) is 9.32. The van der Waals surface area contributed by atoms with E-state index in [0.717, 1.165) is 59.0 Å². The molecule has 0 radical (unpaired) electrons. The lowest BCUT2D eigenvalue weighted by Crippen LogP contribution is -2.56. The zero-order valence-corrected chi connectivity index (χ0v) is 28.3. The lowest BCUT2D eigenvalue weighted by atomic mass is 9.77. The number of piperidine rings is 1. The number of nitrogens with zero attached hydrogens (tertiary/aromatic N) is 3. The zero-order valence-electron chi connectivity index (χ0n) is 28.3. The summed E-state index contributed by atoms with van der Waals surface area (Å²) in [6.07, 6.45) is 3.29. The number of para-hydroxylation sites is 1. The first-order valence-corrected chi connectivity index (χ1v) is 16.9. The number of β-amino-alcohol motifs (C(OH)–C–C–N with tert-alkyl or cyclic N) is 1. The SMILES string of the molecule is COCCCn1cc(CN(C(=O)[C@H]2CN(C(=O)OC(C)(C)C)C[C@@H](O)[C@@H]2c2cccc(-c3ccc(F)cc3)c2)C2CC2)c2ccccc21. The number of carbonyl (C=O) groups is 2. The second kappa shape index (κ2) is 14.1. The van der Waals surface area contributed by atoms with E-state index in [1.807, 2.05) is 41.3 Å². The molecule has 2 aliphatic rings. The molecule has 2 amide bonds. The van der Waals surface area contributed by atoms with E-state index in [9.17, 15) is 19.1 Å². The Hall–Kier alpha value is -4.21. The number of hydrogen-bond acceptors (Lipinski definition) is 5. The van der Waals surface area contributed by atoms with E-state index in [0.29, 0.717) is 13.2 Å². The van der Waals surface area contributed by atoms with E-state index in [1.54, 1.807) is 40.0 Å². The molecule has 3 aromatic carbocycles. The maximum atomic E-state index is 14.9. The summed E-state index contributed by atoms with van der Waals surface area (Å²) in [5.74, 6) is -1.67. The van der Waals surface area contributed by atoms with Gasteiger partial charge >= 0.3 is 6.09 Å². The first-order valence-electron chi connectivity index (χ1n) is 16.9. The van der Waals surface area contributed by atoms with Gasteiger partial charge < -0.3 is 28.9 Å². The molecular formula is C39H46FN3O5. The number of halogens is 1. The lowest BCUT2D eigenvalue weighted by Gasteiger charge is -2.43. The van der Waals surface area contributed by atoms with Crippen molar-refractivity contribution in [3.8, 4) is 11.1 Å². The summed E-state index contributed by atoms with van der Waals surface area (Å²) in [5, 5.41) is 12.9. The number of fused-ring (bicyclic) bond motifs is 1. The van der Waals surface area contributed by atoms with E-state index >= 15 is 0 Å². The molecule has 1 saturated carbocycles. The van der Waals surface area contributed by atoms with Crippen LogP contribution in [0.15, 0.2) is 79.0 Å². The third kappa shape index (κ3) is 7.58. The largest absolute Gasteiger partial charge is 0.444 e. The maximum absolute atomic E-state index is 14.9. The Balaban J connectivity index is 1.35. The molecule has 2 heterocycles. The first-order chi connectivity index (χ1) is 23.0. The fourth-order valence-corrected chi connectivity index (χ4v) is 6.95. The van der Waals surface area contributed by atoms with Gasteiger partial charge in [0.25, 0.3) is 0 Å². The Morgan fingerprint density at radius 3 is 2.44 bits per heavy atom. The number of likely N-dealkylation sites (tertiary alicyclic amines) is 1. The Kier molecular flexibility index (Phi) is 9.90. The van der Waals surface area contributed by atoms with E-state index in [-0.39, 0.29) is 30.9 Å². The number of aliphatic hydroxyl groups is 1. The van der Waals surface area contributed by atoms with Crippen molar-refractivity contribution in [3.63, 3.8) is 0 Å². The number of benzene rings is 3. The molecule has 1 aliphatic heterocycles. The highest BCUT2D eigenvalue weighted by molar-refractivity contribution is 5.86. The molecule has 1 aliphatic carbocycles. The van der Waals surface area contributed by atoms with Crippen molar-refractivity contribution in [2.24, 2.45) is 5.92 Å². The number of aromatic nitrogens is 1. The highest BCUT2D eigenvalue weighted by atomic mass is 19.1. The number of rotatable bonds is 10. The number of ether oxygens (including phenoxy) is 2. The minimum Gasteiger partial charge on any atom is -0.444 e. The van der Waals surface area contributed by atoms with Crippen molar-refractivity contribution in [3.05, 3.63) is 95.9 Å². The molecule has 0 spiro atoms. The minimum atomic E-state index is -1.01. The standard InChI is InChI=1S/C39H46FN3O5/c1-39(2,3)48-38(46)42-24-33(36(35(44)25-42)28-10-7-9-27(21-28)26-13-15-30(40)16-14-26)37(45)43(31-17-18-31)23-29-22-41(19-8-20-47-4)34-12-6-5-11-32(29)34/h5-7,9-16,21-22,31,33,35-36,44H,8,17-20,23-25H2,1-4H3/t33-,35+,36+/m0/s1. The molecule has 1 N–H and O–H groups in total. The van der Waals surface area contributed by atoms with Crippen LogP contribution in [-0.2, 0) is 27.4 Å². The summed E-state index contributed by atoms with van der Waals surface area (Å²) in [5.41, 5.74) is 3.96. The number of hydrogen-bond donors (Lipinski definition) is 1. The monoisotopic (exact) mass is 655 g/mol. The molecule has 1 saturated heterocycles. The summed E-state index contributed by atoms with van der Waals surface area (Å²) in [7, 11) is 1.71. The molecular weight excluding hydrogens is 609 g/mol. The summed E-state index contributed by atoms with van der Waals surface area (Å²) < 4.78 is 26.9. The normalized spacial score (nSPS) is 19.8. The van der Waals surface area contributed by atoms with Crippen molar-refractivity contribution in [2.75, 3.05) is 26.8 Å². The number of amides is 2. The average Bonchev–Trinajstić information content (AvgIpc) is 3.85. The smallest absolute Gasteiger partial charge is 0.410 e. The van der Waals surface area contributed by atoms with Crippen molar-refractivity contribution < 1.29 is 28.6 Å². The van der Waals surface area contributed by atoms with Crippen LogP contribution < -0.4 is 0 Å². The summed E-state index contributed by atoms with van der Waals surface area (Å²) in [4.78, 5) is 31.7. The second-order valence-electron chi connectivity index (χ2n) is 14.1. The Labute approximate surface area is 282 Å². The molecule has 0 bridgehead atoms. The van der Waals surface area contributed by atoms with Crippen LogP contribution in [0.4, 0.5) is 9.18 Å². The minimum absolute atomic E-state index is 0.0442. The summed E-state index contributed by atoms with van der Waals surface area (Å²) in [6, 6.07) is 22.4. The van der Waals surface area contributed by atoms with Crippen molar-refractivity contribution in [2.45, 2.75) is 76.8 Å². The van der Waals surface area contributed by atoms with E-state index in [1.165, 1.54) is 17.0 Å². The van der Waals surface area contributed by atoms with Gasteiger partial charge in [0, 0.05) is 62.4 Å². The van der Waals surface area contributed by atoms with Gasteiger partial charge in [-0.1, -0.05) is 54.6 Å². The van der Waals surface area contributed by atoms with Gasteiger partial charge in [-0.3, -0.25) is 4.79 Å². The molecule has 3 atom stereocenters. The molecule has 254 valence electrons. The molecule has 0 unspecified atom stereocenters. The van der Waals surface area contributed by atoms with Crippen LogP contribution >= 0.6 is 0 Å². The molecule has 9 heteroatoms. The average molecular weight is 656 g/mol. The van der Waals surface area contributed by atoms with Gasteiger partial charge in [-0.05, 0) is 80.5 Å². The maximum Gasteiger partial charge on any atom is 0.410 e. The van der Waals surface area contributed by atoms with Crippen molar-refractivity contribution in [1.82, 2.24) is 14.4 Å². The van der Waals surface area contributed by atoms with Gasteiger partial charge in [-0.15, -0.1) is 0 Å². The molecule has 48 heavy (non-hydrogen) atoms. The predicted molar refractivity (Wildman–Crippen MR) is 184 cm³/mol. The van der Waals surface area contributed by atoms with Gasteiger partial charge in [-0.2, -0.15) is 0 Å². The van der Waals surface area contributed by atoms with E-state index < -0.39 is 29.6 Å². The number of carbonyl (C=O) groups excluding carboxylic acids is 2. The lowest BCUT2D eigenvalue weighted by molar-refractivity contribution is -0.141. The van der Waals surface area contributed by atoms with Crippen LogP contribution in [0.3, 0.4) is 0 Å². The van der Waals surface area contributed by atoms with Crippen LogP contribution in [0.1, 0.15) is 57.1 Å². The van der Waals surface area contributed by atoms with Gasteiger partial charge in [0.2, 0.25) is 5.91 Å². The van der Waals surface area contributed by atoms with Crippen molar-refractivity contribution >= 4 is 22.9 Å². The fourth-order valence-electron chi connectivity index (χ4n) is 6.95. The van der Waals surface area contributed by atoms with E-state index in [4.69, 9.17) is 9.47 Å². The topological polar surface area (TPSA) is 84.2 Å². The number of methoxy groups -OCH3 is 1. The molecule has 4 aromatic rings. The van der Waals surface area contributed by atoms with Crippen LogP contribution in [0.2, 0.25) is 0 Å². The van der Waals surface area contributed by atoms with Gasteiger partial charge in [0.15, 0.2) is 0 Å². The van der Waals surface area contributed by atoms with Crippen LogP contribution in [-0.4, -0.2) is 76.0 Å². The fraction of sp³-hybridized carbons (Fsp3) is 0.436. The predicted octanol–water partition coefficient (Wildman–Crippen LogP) is 6.99. The Bertz CT molecular complexity index is 1740. The Morgan fingerprint density at radius 2 is 1.73 bits per heavy atom. The molecule has 2 fully saturated rings. The molecule has 1 aromatic heterocycles. The van der Waals surface area contributed by atoms with Crippen LogP contribution in [0.5, 0.6) is 0 Å². The Morgan fingerprint density at radius 1 is 0.979 bits per heavy atom. The third-order valence-electron chi connectivity index (χ3n) is 9.32. The highest BCUT2D eigenvalue weighted by Crippen LogP contribution is 2.40. The second-order valence-corrected chi connectivity index (χ2v) is 14.1. The molecule has 6 rings (SSSR count). The van der Waals surface area contributed by atoms with Gasteiger partial charge in [-0.25, -0.2) is 9.18 Å². The van der Waals surface area contributed by atoms with Gasteiger partial charge in [0.05, 0.1) is 18.6 Å². The first kappa shape index (κ1) is 33.7. The van der Waals surface area contributed by atoms with Crippen LogP contribution in [0.25, 0.3) is 22.0 Å². The number of aliphatic hydroxyl groups excluding tert-OH is 1. The zero-order chi connectivity index (χ0) is 34.0. The number of aryl methyl sites for hydroxylation is 1. The van der Waals surface area contributed by atoms with Gasteiger partial charge in [0.1, 0.15) is 11.4 Å². The highest BCUT2D eigenvalue weighted by Gasteiger charge is 2.47. The van der Waals surface area contributed by atoms with Crippen LogP contribution in [0, 0.1) is 11.7 Å². The summed E-state index contributed by atoms with van der Waals surface area (Å²) in [6.45, 7) is 7.48. The van der Waals surface area contributed by atoms with E-state index in [2.05, 4.69) is 22.9 Å². The summed E-state index contributed by atoms with van der Waals surface area (Å²) >= 11 is 0. The quantitative estimate of drug-likeness (QED) is 0.186.